The van der Waals surface area contributed by atoms with Crippen LogP contribution in [-0.2, 0) is 32.3 Å². The third-order valence-corrected chi connectivity index (χ3v) is 10.4. The number of aliphatic carboxylic acids is 1. The number of nitrogens with zero attached hydrogens (tertiary/aromatic N) is 6. The van der Waals surface area contributed by atoms with Gasteiger partial charge >= 0.3 is 5.97 Å². The highest BCUT2D eigenvalue weighted by atomic mass is 32.2. The van der Waals surface area contributed by atoms with Gasteiger partial charge in [0.1, 0.15) is 42.2 Å². The number of amides is 2. The summed E-state index contributed by atoms with van der Waals surface area (Å²) >= 11 is 5.31. The van der Waals surface area contributed by atoms with Gasteiger partial charge in [-0.3, -0.25) is 14.5 Å². The molecule has 0 aromatic carbocycles. The van der Waals surface area contributed by atoms with Crippen molar-refractivity contribution in [3.05, 3.63) is 45.7 Å². The Morgan fingerprint density at radius 1 is 1.31 bits per heavy atom. The maximum Gasteiger partial charge on any atom is 0.352 e. The number of aliphatic hydroxyl groups is 1. The molecule has 2 amide bonds. The summed E-state index contributed by atoms with van der Waals surface area (Å²) in [6, 6.07) is 0.809. The summed E-state index contributed by atoms with van der Waals surface area (Å²) in [4.78, 5) is 53.0. The number of carbonyl (C=O) groups excluding carboxylic acids is 2. The molecular formula is C23H26N9O6S4+. The van der Waals surface area contributed by atoms with E-state index in [1.807, 2.05) is 16.3 Å². The lowest BCUT2D eigenvalue weighted by Gasteiger charge is -2.49. The number of β-lactam (4-membered cyclic amide) rings is 1. The number of thiazole rings is 2. The molecule has 5 rings (SSSR count). The van der Waals surface area contributed by atoms with Crippen molar-refractivity contribution in [3.63, 3.8) is 0 Å². The second-order valence-corrected chi connectivity index (χ2v) is 13.0. The molecular weight excluding hydrogens is 627 g/mol. The van der Waals surface area contributed by atoms with Crippen molar-refractivity contribution in [2.75, 3.05) is 36.7 Å². The van der Waals surface area contributed by atoms with Crippen molar-refractivity contribution < 1.29 is 34.1 Å². The van der Waals surface area contributed by atoms with Gasteiger partial charge in [0.25, 0.3) is 11.8 Å². The van der Waals surface area contributed by atoms with Crippen LogP contribution >= 0.6 is 46.2 Å². The molecule has 15 nitrogen and oxygen atoms in total. The monoisotopic (exact) mass is 652 g/mol. The Hall–Kier alpha value is -3.65. The minimum Gasteiger partial charge on any atom is -0.477 e. The third-order valence-electron chi connectivity index (χ3n) is 6.26. The highest BCUT2D eigenvalue weighted by Gasteiger charge is 2.54. The Morgan fingerprint density at radius 3 is 2.81 bits per heavy atom. The van der Waals surface area contributed by atoms with E-state index in [4.69, 9.17) is 16.3 Å². The molecule has 0 saturated carbocycles. The molecule has 19 heteroatoms. The second-order valence-electron chi connectivity index (χ2n) is 8.89. The molecule has 0 aliphatic carbocycles. The molecule has 2 aliphatic rings. The van der Waals surface area contributed by atoms with Crippen LogP contribution in [0.15, 0.2) is 43.8 Å². The molecule has 5 heterocycles. The van der Waals surface area contributed by atoms with Gasteiger partial charge in [0.15, 0.2) is 27.2 Å². The Balaban J connectivity index is 1.24. The lowest BCUT2D eigenvalue weighted by Crippen LogP contribution is -2.71. The Bertz CT molecular complexity index is 1580. The number of oxime groups is 1. The van der Waals surface area contributed by atoms with E-state index in [0.29, 0.717) is 36.0 Å². The molecule has 1 unspecified atom stereocenters. The maximum absolute atomic E-state index is 13.1. The van der Waals surface area contributed by atoms with Gasteiger partial charge in [-0.05, 0) is 5.57 Å². The van der Waals surface area contributed by atoms with Crippen LogP contribution in [0.2, 0.25) is 0 Å². The van der Waals surface area contributed by atoms with Crippen molar-refractivity contribution in [1.29, 1.82) is 0 Å². The first-order valence-electron chi connectivity index (χ1n) is 12.3. The molecule has 3 aromatic rings. The van der Waals surface area contributed by atoms with Crippen molar-refractivity contribution in [2.45, 2.75) is 28.8 Å². The Morgan fingerprint density at radius 2 is 2.12 bits per heavy atom. The fourth-order valence-electron chi connectivity index (χ4n) is 4.41. The average molecular weight is 653 g/mol. The predicted molar refractivity (Wildman–Crippen MR) is 158 cm³/mol. The first kappa shape index (κ1) is 29.8. The average Bonchev–Trinajstić information content (AvgIpc) is 3.69. The van der Waals surface area contributed by atoms with E-state index in [1.165, 1.54) is 46.9 Å². The molecule has 0 spiro atoms. The van der Waals surface area contributed by atoms with Crippen LogP contribution in [0.25, 0.3) is 0 Å². The zero-order valence-corrected chi connectivity index (χ0v) is 25.3. The summed E-state index contributed by atoms with van der Waals surface area (Å²) in [7, 11) is 1.28. The van der Waals surface area contributed by atoms with Gasteiger partial charge in [-0.25, -0.2) is 14.8 Å². The molecule has 222 valence electrons. The van der Waals surface area contributed by atoms with E-state index in [2.05, 4.69) is 20.4 Å². The van der Waals surface area contributed by atoms with Crippen molar-refractivity contribution in [2.24, 2.45) is 5.16 Å². The fraction of sp³-hybridized carbons (Fsp3) is 0.348. The van der Waals surface area contributed by atoms with Gasteiger partial charge in [-0.1, -0.05) is 16.9 Å². The van der Waals surface area contributed by atoms with Crippen LogP contribution in [0.3, 0.4) is 0 Å². The van der Waals surface area contributed by atoms with Gasteiger partial charge in [0.05, 0.1) is 12.7 Å². The molecule has 2 atom stereocenters. The smallest absolute Gasteiger partial charge is 0.352 e. The van der Waals surface area contributed by atoms with E-state index in [1.54, 1.807) is 16.1 Å². The second kappa shape index (κ2) is 12.7. The molecule has 2 aliphatic heterocycles. The number of thioether (sulfide) groups is 2. The number of hydrogen-bond donors (Lipinski definition) is 5. The number of hydrogen-bond acceptors (Lipinski definition) is 14. The van der Waals surface area contributed by atoms with Gasteiger partial charge in [0.2, 0.25) is 6.54 Å². The van der Waals surface area contributed by atoms with Crippen LogP contribution in [-0.4, -0.2) is 89.9 Å². The van der Waals surface area contributed by atoms with Crippen LogP contribution in [0, 0.1) is 0 Å². The number of aromatic nitrogens is 4. The lowest BCUT2D eigenvalue weighted by atomic mass is 10.0. The summed E-state index contributed by atoms with van der Waals surface area (Å²) in [5, 5.41) is 28.8. The van der Waals surface area contributed by atoms with Crippen LogP contribution < -0.4 is 21.5 Å². The number of nitrogens with one attached hydrogen (secondary N) is 1. The molecule has 1 saturated heterocycles. The van der Waals surface area contributed by atoms with Gasteiger partial charge in [-0.2, -0.15) is 0 Å². The fourth-order valence-corrected chi connectivity index (χ4v) is 8.27. The largest absolute Gasteiger partial charge is 0.477 e. The first-order valence-corrected chi connectivity index (χ1v) is 16.1. The number of nitrogens with two attached hydrogens (primary N) is 2. The van der Waals surface area contributed by atoms with Crippen LogP contribution in [0.1, 0.15) is 11.4 Å². The molecule has 1 fully saturated rings. The number of rotatable bonds is 12. The van der Waals surface area contributed by atoms with Crippen LogP contribution in [0.4, 0.5) is 10.9 Å². The zero-order valence-electron chi connectivity index (χ0n) is 22.0. The van der Waals surface area contributed by atoms with Crippen molar-refractivity contribution in [1.82, 2.24) is 24.9 Å². The number of anilines is 2. The van der Waals surface area contributed by atoms with E-state index in [-0.39, 0.29) is 28.8 Å². The number of aliphatic hydroxyl groups excluding tert-OH is 1. The van der Waals surface area contributed by atoms with Gasteiger partial charge in [-0.15, -0.1) is 43.8 Å². The first-order chi connectivity index (χ1) is 20.2. The van der Waals surface area contributed by atoms with E-state index >= 15 is 0 Å². The highest BCUT2D eigenvalue weighted by Crippen LogP contribution is 2.41. The number of carboxylic acid groups (broad SMARTS) is 1. The molecule has 0 bridgehead atoms. The molecule has 0 radical (unpaired) electrons. The third kappa shape index (κ3) is 5.95. The summed E-state index contributed by atoms with van der Waals surface area (Å²) in [5.74, 6) is -1.22. The number of fused-ring (bicyclic) bond motifs is 1. The summed E-state index contributed by atoms with van der Waals surface area (Å²) < 4.78 is 4.36. The van der Waals surface area contributed by atoms with Crippen molar-refractivity contribution >= 4 is 80.6 Å². The standard InChI is InChI=1S/C23H25N9O6S4/c1-38-29-15(13-10-40-22(25)27-13)18(34)28-16-19(35)32-17(21(36)37)11(7-39-20(16)32)8-41-23-26-12(9-42-23)6-30-3-2-14(24)31(30)4-5-33/h2-3,9-10,16,20,24,33H,4-8H2,1H3,(H4,25,27,28,34,36,37)/p+1/b29-15-/t16-,20?/m1/s1. The van der Waals surface area contributed by atoms with Gasteiger partial charge < -0.3 is 31.8 Å². The molecule has 42 heavy (non-hydrogen) atoms. The topological polar surface area (TPSA) is 215 Å². The predicted octanol–water partition coefficient (Wildman–Crippen LogP) is -0.225. The van der Waals surface area contributed by atoms with E-state index in [9.17, 15) is 24.6 Å². The quantitative estimate of drug-likeness (QED) is 0.0564. The van der Waals surface area contributed by atoms with Gasteiger partial charge in [0, 0.05) is 22.3 Å². The molecule has 3 aromatic heterocycles. The van der Waals surface area contributed by atoms with E-state index < -0.39 is 29.2 Å². The number of carbonyl (C=O) groups is 3. The summed E-state index contributed by atoms with van der Waals surface area (Å²) in [6.45, 7) is 0.768. The minimum absolute atomic E-state index is 0.0468. The molecule has 7 N–H and O–H groups in total. The summed E-state index contributed by atoms with van der Waals surface area (Å²) in [6.07, 6.45) is 1.82. The van der Waals surface area contributed by atoms with E-state index in [0.717, 1.165) is 21.4 Å². The zero-order chi connectivity index (χ0) is 30.0. The Kier molecular flexibility index (Phi) is 9.02. The SMILES string of the molecule is CO/N=C(\C(=O)N[C@@H]1C(=O)N2C(C(=O)O)=C(CSc3nc(C[n+]4ccc(N)n4CCO)cs3)CSC12)c1csc(N)n1. The highest BCUT2D eigenvalue weighted by molar-refractivity contribution is 8.01. The Labute approximate surface area is 255 Å². The van der Waals surface area contributed by atoms with Crippen LogP contribution in [0.5, 0.6) is 0 Å². The normalized spacial score (nSPS) is 18.6. The number of nitrogen functional groups attached to an aromatic ring is 2. The minimum atomic E-state index is -1.22. The maximum atomic E-state index is 13.1. The lowest BCUT2D eigenvalue weighted by molar-refractivity contribution is -0.767. The summed E-state index contributed by atoms with van der Waals surface area (Å²) in [5.41, 5.74) is 13.0. The number of carboxylic acids is 1. The van der Waals surface area contributed by atoms with Crippen molar-refractivity contribution in [3.8, 4) is 0 Å².